The van der Waals surface area contributed by atoms with E-state index in [-0.39, 0.29) is 11.9 Å². The van der Waals surface area contributed by atoms with E-state index in [1.807, 2.05) is 52.0 Å². The maximum Gasteiger partial charge on any atom is 0.306 e. The third-order valence-electron chi connectivity index (χ3n) is 2.28. The molecule has 1 aromatic carbocycles. The second kappa shape index (κ2) is 7.12. The molecular weight excluding hydrogens is 355 g/mol. The molecule has 0 saturated carbocycles. The Bertz CT molecular complexity index is 406. The minimum absolute atomic E-state index is 0.133. The van der Waals surface area contributed by atoms with Gasteiger partial charge in [0.15, 0.2) is 0 Å². The minimum Gasteiger partial charge on any atom is -0.493 e. The Morgan fingerprint density at radius 3 is 2.37 bits per heavy atom. The van der Waals surface area contributed by atoms with Crippen LogP contribution in [-0.4, -0.2) is 18.2 Å². The summed E-state index contributed by atoms with van der Waals surface area (Å²) in [7, 11) is 0. The summed E-state index contributed by atoms with van der Waals surface area (Å²) >= 11 is 2.25. The van der Waals surface area contributed by atoms with Crippen LogP contribution in [0.5, 0.6) is 5.75 Å². The van der Waals surface area contributed by atoms with Crippen molar-refractivity contribution in [1.82, 2.24) is 0 Å². The van der Waals surface area contributed by atoms with Crippen LogP contribution in [0.25, 0.3) is 0 Å². The van der Waals surface area contributed by atoms with Crippen LogP contribution in [-0.2, 0) is 9.53 Å². The Labute approximate surface area is 128 Å². The lowest BCUT2D eigenvalue weighted by molar-refractivity contribution is -0.156. The molecule has 1 rings (SSSR count). The van der Waals surface area contributed by atoms with Crippen LogP contribution in [0.1, 0.15) is 34.1 Å². The molecule has 19 heavy (non-hydrogen) atoms. The molecular formula is C15H21IO3. The minimum atomic E-state index is -0.423. The van der Waals surface area contributed by atoms with Gasteiger partial charge in [-0.1, -0.05) is 6.92 Å². The summed E-state index contributed by atoms with van der Waals surface area (Å²) in [5.74, 6) is 0.789. The van der Waals surface area contributed by atoms with E-state index in [0.29, 0.717) is 13.0 Å². The molecule has 0 bridgehead atoms. The first kappa shape index (κ1) is 16.3. The van der Waals surface area contributed by atoms with E-state index in [0.717, 1.165) is 5.75 Å². The number of hydrogen-bond acceptors (Lipinski definition) is 3. The Hall–Kier alpha value is -0.780. The number of rotatable bonds is 5. The van der Waals surface area contributed by atoms with Gasteiger partial charge in [0.05, 0.1) is 13.0 Å². The molecule has 0 fully saturated rings. The number of hydrogen-bond donors (Lipinski definition) is 0. The van der Waals surface area contributed by atoms with Crippen LogP contribution < -0.4 is 4.74 Å². The van der Waals surface area contributed by atoms with E-state index in [1.54, 1.807) is 0 Å². The van der Waals surface area contributed by atoms with Gasteiger partial charge in [-0.05, 0) is 67.6 Å². The Morgan fingerprint density at radius 2 is 1.84 bits per heavy atom. The molecule has 0 aliphatic heterocycles. The van der Waals surface area contributed by atoms with Crippen LogP contribution in [0.4, 0.5) is 0 Å². The molecule has 1 aromatic rings. The zero-order valence-electron chi connectivity index (χ0n) is 11.9. The predicted molar refractivity (Wildman–Crippen MR) is 84.3 cm³/mol. The largest absolute Gasteiger partial charge is 0.493 e. The summed E-state index contributed by atoms with van der Waals surface area (Å²) in [5, 5.41) is 0. The zero-order chi connectivity index (χ0) is 14.5. The standard InChI is InChI=1S/C15H21IO3/c1-11(9-14(17)19-15(2,3)4)10-18-13-7-5-12(16)6-8-13/h5-8,11H,9-10H2,1-4H3. The number of ether oxygens (including phenoxy) is 2. The van der Waals surface area contributed by atoms with Gasteiger partial charge >= 0.3 is 5.97 Å². The highest BCUT2D eigenvalue weighted by Crippen LogP contribution is 2.16. The first-order valence-electron chi connectivity index (χ1n) is 6.36. The van der Waals surface area contributed by atoms with Crippen LogP contribution >= 0.6 is 22.6 Å². The summed E-state index contributed by atoms with van der Waals surface area (Å²) in [5.41, 5.74) is -0.423. The fraction of sp³-hybridized carbons (Fsp3) is 0.533. The summed E-state index contributed by atoms with van der Waals surface area (Å²) in [4.78, 5) is 11.6. The monoisotopic (exact) mass is 376 g/mol. The van der Waals surface area contributed by atoms with Crippen molar-refractivity contribution in [3.05, 3.63) is 27.8 Å². The van der Waals surface area contributed by atoms with Gasteiger partial charge in [-0.2, -0.15) is 0 Å². The Morgan fingerprint density at radius 1 is 1.26 bits per heavy atom. The van der Waals surface area contributed by atoms with Crippen molar-refractivity contribution >= 4 is 28.6 Å². The van der Waals surface area contributed by atoms with Gasteiger partial charge in [-0.15, -0.1) is 0 Å². The molecule has 0 aliphatic carbocycles. The van der Waals surface area contributed by atoms with Crippen molar-refractivity contribution in [2.24, 2.45) is 5.92 Å². The third-order valence-corrected chi connectivity index (χ3v) is 3.00. The van der Waals surface area contributed by atoms with Crippen molar-refractivity contribution in [2.75, 3.05) is 6.61 Å². The van der Waals surface area contributed by atoms with Crippen molar-refractivity contribution < 1.29 is 14.3 Å². The molecule has 106 valence electrons. The Balaban J connectivity index is 2.33. The van der Waals surface area contributed by atoms with Crippen molar-refractivity contribution in [1.29, 1.82) is 0 Å². The average Bonchev–Trinajstić information content (AvgIpc) is 2.25. The fourth-order valence-corrected chi connectivity index (χ4v) is 1.86. The highest BCUT2D eigenvalue weighted by atomic mass is 127. The molecule has 1 unspecified atom stereocenters. The van der Waals surface area contributed by atoms with Gasteiger partial charge in [-0.25, -0.2) is 0 Å². The molecule has 4 heteroatoms. The first-order valence-corrected chi connectivity index (χ1v) is 7.44. The zero-order valence-corrected chi connectivity index (χ0v) is 14.1. The van der Waals surface area contributed by atoms with Gasteiger partial charge in [-0.3, -0.25) is 4.79 Å². The summed E-state index contributed by atoms with van der Waals surface area (Å²) in [6, 6.07) is 7.85. The lowest BCUT2D eigenvalue weighted by atomic mass is 10.1. The summed E-state index contributed by atoms with van der Waals surface area (Å²) < 4.78 is 12.1. The number of esters is 1. The van der Waals surface area contributed by atoms with E-state index in [1.165, 1.54) is 3.57 Å². The molecule has 0 radical (unpaired) electrons. The van der Waals surface area contributed by atoms with E-state index in [4.69, 9.17) is 9.47 Å². The quantitative estimate of drug-likeness (QED) is 0.575. The lowest BCUT2D eigenvalue weighted by Crippen LogP contribution is -2.25. The van der Waals surface area contributed by atoms with E-state index in [9.17, 15) is 4.79 Å². The highest BCUT2D eigenvalue weighted by Gasteiger charge is 2.18. The van der Waals surface area contributed by atoms with Gasteiger partial charge < -0.3 is 9.47 Å². The molecule has 0 aliphatic rings. The number of carbonyl (C=O) groups is 1. The van der Waals surface area contributed by atoms with Gasteiger partial charge in [0.2, 0.25) is 0 Å². The normalized spacial score (nSPS) is 12.9. The summed E-state index contributed by atoms with van der Waals surface area (Å²) in [6.07, 6.45) is 0.377. The molecule has 0 spiro atoms. The third kappa shape index (κ3) is 7.40. The molecule has 0 heterocycles. The van der Waals surface area contributed by atoms with E-state index < -0.39 is 5.60 Å². The maximum absolute atomic E-state index is 11.6. The second-order valence-corrected chi connectivity index (χ2v) is 6.91. The van der Waals surface area contributed by atoms with Crippen LogP contribution in [0.15, 0.2) is 24.3 Å². The smallest absolute Gasteiger partial charge is 0.306 e. The van der Waals surface area contributed by atoms with Gasteiger partial charge in [0.25, 0.3) is 0 Å². The van der Waals surface area contributed by atoms with Crippen molar-refractivity contribution in [3.8, 4) is 5.75 Å². The number of carbonyl (C=O) groups excluding carboxylic acids is 1. The van der Waals surface area contributed by atoms with Crippen LogP contribution in [0, 0.1) is 9.49 Å². The van der Waals surface area contributed by atoms with Crippen molar-refractivity contribution in [3.63, 3.8) is 0 Å². The highest BCUT2D eigenvalue weighted by molar-refractivity contribution is 14.1. The van der Waals surface area contributed by atoms with Crippen LogP contribution in [0.3, 0.4) is 0 Å². The first-order chi connectivity index (χ1) is 8.76. The molecule has 0 N–H and O–H groups in total. The predicted octanol–water partition coefficient (Wildman–Crippen LogP) is 4.04. The van der Waals surface area contributed by atoms with E-state index in [2.05, 4.69) is 22.6 Å². The van der Waals surface area contributed by atoms with Crippen LogP contribution in [0.2, 0.25) is 0 Å². The van der Waals surface area contributed by atoms with Crippen molar-refractivity contribution in [2.45, 2.75) is 39.7 Å². The average molecular weight is 376 g/mol. The van der Waals surface area contributed by atoms with E-state index >= 15 is 0 Å². The Kier molecular flexibility index (Phi) is 6.10. The molecule has 0 saturated heterocycles. The summed E-state index contributed by atoms with van der Waals surface area (Å²) in [6.45, 7) is 8.11. The maximum atomic E-state index is 11.6. The lowest BCUT2D eigenvalue weighted by Gasteiger charge is -2.21. The number of halogens is 1. The SMILES string of the molecule is CC(COc1ccc(I)cc1)CC(=O)OC(C)(C)C. The molecule has 0 aromatic heterocycles. The van der Waals surface area contributed by atoms with Gasteiger partial charge in [0.1, 0.15) is 11.4 Å². The fourth-order valence-electron chi connectivity index (χ4n) is 1.50. The topological polar surface area (TPSA) is 35.5 Å². The molecule has 1 atom stereocenters. The second-order valence-electron chi connectivity index (χ2n) is 5.66. The molecule has 0 amide bonds. The number of benzene rings is 1. The van der Waals surface area contributed by atoms with Gasteiger partial charge in [0, 0.05) is 9.49 Å². The molecule has 3 nitrogen and oxygen atoms in total.